The lowest BCUT2D eigenvalue weighted by atomic mass is 10.1. The molecule has 1 fully saturated rings. The van der Waals surface area contributed by atoms with E-state index in [9.17, 15) is 5.11 Å². The molecule has 0 amide bonds. The molecule has 0 saturated heterocycles. The van der Waals surface area contributed by atoms with Gasteiger partial charge in [-0.25, -0.2) is 0 Å². The van der Waals surface area contributed by atoms with Crippen LogP contribution in [-0.4, -0.2) is 17.8 Å². The number of nitrogens with one attached hydrogen (secondary N) is 1. The van der Waals surface area contributed by atoms with Crippen LogP contribution >= 0.6 is 0 Å². The third-order valence-electron chi connectivity index (χ3n) is 4.27. The molecule has 21 heavy (non-hydrogen) atoms. The van der Waals surface area contributed by atoms with Crippen LogP contribution in [0.15, 0.2) is 46.9 Å². The Bertz CT molecular complexity index is 564. The lowest BCUT2D eigenvalue weighted by Gasteiger charge is -2.15. The highest BCUT2D eigenvalue weighted by Gasteiger charge is 2.36. The number of aliphatic hydroxyl groups excluding tert-OH is 1. The first kappa shape index (κ1) is 14.4. The Morgan fingerprint density at radius 3 is 2.67 bits per heavy atom. The molecule has 2 aromatic rings. The van der Waals surface area contributed by atoms with Crippen molar-refractivity contribution in [1.29, 1.82) is 0 Å². The first-order chi connectivity index (χ1) is 10.3. The minimum atomic E-state index is 0.0563. The predicted molar refractivity (Wildman–Crippen MR) is 83.1 cm³/mol. The average molecular weight is 285 g/mol. The SMILES string of the molecule is CC1CC1c1ccc(CNC(CO)Cc2ccccc2)o1. The van der Waals surface area contributed by atoms with Gasteiger partial charge >= 0.3 is 0 Å². The van der Waals surface area contributed by atoms with Gasteiger partial charge in [-0.15, -0.1) is 0 Å². The van der Waals surface area contributed by atoms with Crippen LogP contribution in [0.25, 0.3) is 0 Å². The van der Waals surface area contributed by atoms with E-state index in [2.05, 4.69) is 30.4 Å². The van der Waals surface area contributed by atoms with Crippen molar-refractivity contribution in [2.24, 2.45) is 5.92 Å². The highest BCUT2D eigenvalue weighted by atomic mass is 16.3. The maximum Gasteiger partial charge on any atom is 0.117 e. The summed E-state index contributed by atoms with van der Waals surface area (Å²) in [5.74, 6) is 3.45. The van der Waals surface area contributed by atoms with Crippen molar-refractivity contribution in [1.82, 2.24) is 5.32 Å². The molecule has 112 valence electrons. The summed E-state index contributed by atoms with van der Waals surface area (Å²) in [5.41, 5.74) is 1.23. The van der Waals surface area contributed by atoms with Gasteiger partial charge in [0.15, 0.2) is 0 Å². The first-order valence-electron chi connectivity index (χ1n) is 7.73. The highest BCUT2D eigenvalue weighted by molar-refractivity contribution is 5.18. The number of hydrogen-bond acceptors (Lipinski definition) is 3. The average Bonchev–Trinajstić information content (AvgIpc) is 3.06. The molecule has 3 rings (SSSR count). The fraction of sp³-hybridized carbons (Fsp3) is 0.444. The van der Waals surface area contributed by atoms with Crippen LogP contribution in [0.1, 0.15) is 36.3 Å². The fourth-order valence-corrected chi connectivity index (χ4v) is 2.75. The summed E-state index contributed by atoms with van der Waals surface area (Å²) in [7, 11) is 0. The second-order valence-electron chi connectivity index (χ2n) is 6.07. The standard InChI is InChI=1S/C18H23NO2/c1-13-9-17(13)18-8-7-16(21-18)11-19-15(12-20)10-14-5-3-2-4-6-14/h2-8,13,15,17,19-20H,9-12H2,1H3. The van der Waals surface area contributed by atoms with Gasteiger partial charge in [0, 0.05) is 12.0 Å². The zero-order valence-corrected chi connectivity index (χ0v) is 12.5. The van der Waals surface area contributed by atoms with Gasteiger partial charge in [-0.05, 0) is 36.5 Å². The molecule has 0 spiro atoms. The second kappa shape index (κ2) is 6.46. The van der Waals surface area contributed by atoms with E-state index in [1.165, 1.54) is 12.0 Å². The van der Waals surface area contributed by atoms with Crippen molar-refractivity contribution < 1.29 is 9.52 Å². The molecule has 0 bridgehead atoms. The Kier molecular flexibility index (Phi) is 4.42. The van der Waals surface area contributed by atoms with Gasteiger partial charge in [0.1, 0.15) is 11.5 Å². The first-order valence-corrected chi connectivity index (χ1v) is 7.73. The van der Waals surface area contributed by atoms with Gasteiger partial charge < -0.3 is 14.8 Å². The van der Waals surface area contributed by atoms with Crippen LogP contribution in [0.5, 0.6) is 0 Å². The van der Waals surface area contributed by atoms with E-state index in [1.54, 1.807) is 0 Å². The Balaban J connectivity index is 1.51. The van der Waals surface area contributed by atoms with Crippen LogP contribution < -0.4 is 5.32 Å². The summed E-state index contributed by atoms with van der Waals surface area (Å²) in [4.78, 5) is 0. The van der Waals surface area contributed by atoms with E-state index in [0.29, 0.717) is 12.5 Å². The summed E-state index contributed by atoms with van der Waals surface area (Å²) in [6.45, 7) is 3.05. The lowest BCUT2D eigenvalue weighted by molar-refractivity contribution is 0.237. The van der Waals surface area contributed by atoms with Crippen molar-refractivity contribution in [3.63, 3.8) is 0 Å². The smallest absolute Gasteiger partial charge is 0.117 e. The molecular formula is C18H23NO2. The molecule has 3 unspecified atom stereocenters. The van der Waals surface area contributed by atoms with Gasteiger partial charge in [0.25, 0.3) is 0 Å². The van der Waals surface area contributed by atoms with E-state index < -0.39 is 0 Å². The minimum absolute atomic E-state index is 0.0563. The van der Waals surface area contributed by atoms with Gasteiger partial charge in [0.05, 0.1) is 13.2 Å². The normalized spacial score (nSPS) is 22.2. The molecule has 3 atom stereocenters. The Labute approximate surface area is 126 Å². The third-order valence-corrected chi connectivity index (χ3v) is 4.27. The number of furan rings is 1. The lowest BCUT2D eigenvalue weighted by Crippen LogP contribution is -2.33. The highest BCUT2D eigenvalue weighted by Crippen LogP contribution is 2.47. The van der Waals surface area contributed by atoms with E-state index in [-0.39, 0.29) is 12.6 Å². The summed E-state index contributed by atoms with van der Waals surface area (Å²) < 4.78 is 5.88. The number of benzene rings is 1. The molecule has 1 heterocycles. The zero-order valence-electron chi connectivity index (χ0n) is 12.5. The van der Waals surface area contributed by atoms with Crippen LogP contribution in [0.3, 0.4) is 0 Å². The summed E-state index contributed by atoms with van der Waals surface area (Å²) in [5, 5.41) is 12.9. The molecule has 1 aliphatic rings. The molecule has 1 aromatic heterocycles. The fourth-order valence-electron chi connectivity index (χ4n) is 2.75. The second-order valence-corrected chi connectivity index (χ2v) is 6.07. The number of rotatable bonds is 7. The molecule has 0 aliphatic heterocycles. The van der Waals surface area contributed by atoms with Gasteiger partial charge in [-0.3, -0.25) is 0 Å². The largest absolute Gasteiger partial charge is 0.464 e. The van der Waals surface area contributed by atoms with E-state index in [1.807, 2.05) is 24.3 Å². The molecule has 1 aromatic carbocycles. The monoisotopic (exact) mass is 285 g/mol. The van der Waals surface area contributed by atoms with E-state index in [4.69, 9.17) is 4.42 Å². The Hall–Kier alpha value is -1.58. The summed E-state index contributed by atoms with van der Waals surface area (Å²) in [6.07, 6.45) is 2.07. The third kappa shape index (κ3) is 3.74. The van der Waals surface area contributed by atoms with Gasteiger partial charge in [0.2, 0.25) is 0 Å². The van der Waals surface area contributed by atoms with Crippen LogP contribution in [0.2, 0.25) is 0 Å². The Morgan fingerprint density at radius 1 is 1.24 bits per heavy atom. The van der Waals surface area contributed by atoms with Crippen molar-refractivity contribution in [2.45, 2.75) is 38.3 Å². The molecule has 3 heteroatoms. The predicted octanol–water partition coefficient (Wildman–Crippen LogP) is 3.10. The van der Waals surface area contributed by atoms with Crippen molar-refractivity contribution in [3.8, 4) is 0 Å². The summed E-state index contributed by atoms with van der Waals surface area (Å²) in [6, 6.07) is 14.4. The molecular weight excluding hydrogens is 262 g/mol. The van der Waals surface area contributed by atoms with Crippen LogP contribution in [0.4, 0.5) is 0 Å². The van der Waals surface area contributed by atoms with Gasteiger partial charge in [-0.2, -0.15) is 0 Å². The van der Waals surface area contributed by atoms with Crippen molar-refractivity contribution in [2.75, 3.05) is 6.61 Å². The van der Waals surface area contributed by atoms with E-state index in [0.717, 1.165) is 23.9 Å². The van der Waals surface area contributed by atoms with Crippen molar-refractivity contribution in [3.05, 3.63) is 59.5 Å². The molecule has 0 radical (unpaired) electrons. The topological polar surface area (TPSA) is 45.4 Å². The van der Waals surface area contributed by atoms with Crippen molar-refractivity contribution >= 4 is 0 Å². The number of hydrogen-bond donors (Lipinski definition) is 2. The number of aliphatic hydroxyl groups is 1. The Morgan fingerprint density at radius 2 is 2.00 bits per heavy atom. The quantitative estimate of drug-likeness (QED) is 0.821. The molecule has 1 saturated carbocycles. The summed E-state index contributed by atoms with van der Waals surface area (Å²) >= 11 is 0. The van der Waals surface area contributed by atoms with Crippen LogP contribution in [0, 0.1) is 5.92 Å². The molecule has 1 aliphatic carbocycles. The van der Waals surface area contributed by atoms with Gasteiger partial charge in [-0.1, -0.05) is 37.3 Å². The molecule has 2 N–H and O–H groups in total. The van der Waals surface area contributed by atoms with Crippen LogP contribution in [-0.2, 0) is 13.0 Å². The maximum absolute atomic E-state index is 9.51. The van der Waals surface area contributed by atoms with E-state index >= 15 is 0 Å². The zero-order chi connectivity index (χ0) is 14.7. The maximum atomic E-state index is 9.51. The molecule has 3 nitrogen and oxygen atoms in total. The minimum Gasteiger partial charge on any atom is -0.464 e.